The van der Waals surface area contributed by atoms with E-state index in [4.69, 9.17) is 0 Å². The Hall–Kier alpha value is -1.63. The van der Waals surface area contributed by atoms with Gasteiger partial charge in [0.15, 0.2) is 0 Å². The van der Waals surface area contributed by atoms with Gasteiger partial charge in [0.05, 0.1) is 0 Å². The van der Waals surface area contributed by atoms with Crippen LogP contribution in [-0.2, 0) is 0 Å². The monoisotopic (exact) mass is 273 g/mol. The largest absolute Gasteiger partial charge is 0.261 e. The van der Waals surface area contributed by atoms with Crippen LogP contribution in [0.5, 0.6) is 0 Å². The molecule has 112 valence electrons. The number of allylic oxidation sites excluding steroid dienone is 6. The van der Waals surface area contributed by atoms with Gasteiger partial charge in [0.25, 0.3) is 0 Å². The van der Waals surface area contributed by atoms with E-state index in [-0.39, 0.29) is 0 Å². The van der Waals surface area contributed by atoms with Gasteiger partial charge in [-0.1, -0.05) is 63.6 Å². The van der Waals surface area contributed by atoms with Crippen LogP contribution in [0.1, 0.15) is 59.7 Å². The molecule has 0 amide bonds. The number of aromatic nitrogens is 1. The molecule has 0 aromatic carbocycles. The highest BCUT2D eigenvalue weighted by Crippen LogP contribution is 2.15. The zero-order valence-corrected chi connectivity index (χ0v) is 14.5. The molecule has 0 fully saturated rings. The van der Waals surface area contributed by atoms with E-state index >= 15 is 0 Å². The third-order valence-electron chi connectivity index (χ3n) is 2.54. The maximum Gasteiger partial charge on any atom is 0.0373 e. The van der Waals surface area contributed by atoms with E-state index in [1.54, 1.807) is 0 Å². The molecule has 0 saturated carbocycles. The molecule has 1 heteroatoms. The lowest BCUT2D eigenvalue weighted by Gasteiger charge is -2.02. The zero-order valence-electron chi connectivity index (χ0n) is 14.5. The number of hydrogen-bond donors (Lipinski definition) is 0. The summed E-state index contributed by atoms with van der Waals surface area (Å²) in [7, 11) is 0. The topological polar surface area (TPSA) is 12.9 Å². The average molecular weight is 273 g/mol. The summed E-state index contributed by atoms with van der Waals surface area (Å²) in [5.74, 6) is 0. The first-order valence-corrected chi connectivity index (χ1v) is 7.57. The Morgan fingerprint density at radius 1 is 0.950 bits per heavy atom. The van der Waals surface area contributed by atoms with Crippen molar-refractivity contribution < 1.29 is 0 Å². The van der Waals surface area contributed by atoms with Crippen LogP contribution in [0.4, 0.5) is 0 Å². The summed E-state index contributed by atoms with van der Waals surface area (Å²) >= 11 is 0. The molecular formula is C19H31N. The standard InChI is InChI=1S/C15H19N.2C2H6/c1-5-12(3)7-9-14(6-2)15-10-8-13(4)16-11-15;2*1-2/h5-11H,1-4H3;2*1-2H3/b9-7-,12-5-,14-6+;;. The third kappa shape index (κ3) is 8.47. The van der Waals surface area contributed by atoms with Crippen LogP contribution >= 0.6 is 0 Å². The molecule has 20 heavy (non-hydrogen) atoms. The molecule has 1 rings (SSSR count). The van der Waals surface area contributed by atoms with Gasteiger partial charge in [0.1, 0.15) is 0 Å². The molecule has 0 saturated heterocycles. The molecule has 0 radical (unpaired) electrons. The molecule has 0 aliphatic rings. The van der Waals surface area contributed by atoms with Crippen molar-refractivity contribution in [1.82, 2.24) is 4.98 Å². The molecule has 0 atom stereocenters. The fourth-order valence-electron chi connectivity index (χ4n) is 1.32. The molecule has 1 aromatic heterocycles. The van der Waals surface area contributed by atoms with Crippen LogP contribution in [-0.4, -0.2) is 4.98 Å². The van der Waals surface area contributed by atoms with Gasteiger partial charge in [0.2, 0.25) is 0 Å². The molecular weight excluding hydrogens is 242 g/mol. The molecule has 0 aliphatic heterocycles. The summed E-state index contributed by atoms with van der Waals surface area (Å²) in [5.41, 5.74) is 4.68. The summed E-state index contributed by atoms with van der Waals surface area (Å²) in [5, 5.41) is 0. The fourth-order valence-corrected chi connectivity index (χ4v) is 1.32. The fraction of sp³-hybridized carbons (Fsp3) is 0.421. The lowest BCUT2D eigenvalue weighted by Crippen LogP contribution is -1.85. The van der Waals surface area contributed by atoms with Crippen molar-refractivity contribution in [3.05, 3.63) is 59.5 Å². The summed E-state index contributed by atoms with van der Waals surface area (Å²) in [4.78, 5) is 4.31. The maximum atomic E-state index is 4.31. The van der Waals surface area contributed by atoms with E-state index in [1.165, 1.54) is 11.1 Å². The van der Waals surface area contributed by atoms with Gasteiger partial charge in [-0.25, -0.2) is 0 Å². The maximum absolute atomic E-state index is 4.31. The van der Waals surface area contributed by atoms with Crippen LogP contribution in [0, 0.1) is 6.92 Å². The highest BCUT2D eigenvalue weighted by molar-refractivity contribution is 5.73. The summed E-state index contributed by atoms with van der Waals surface area (Å²) in [6, 6.07) is 4.14. The number of hydrogen-bond acceptors (Lipinski definition) is 1. The second kappa shape index (κ2) is 13.8. The van der Waals surface area contributed by atoms with Crippen molar-refractivity contribution in [2.45, 2.75) is 55.4 Å². The second-order valence-corrected chi connectivity index (χ2v) is 3.80. The highest BCUT2D eigenvalue weighted by Gasteiger charge is 1.96. The van der Waals surface area contributed by atoms with Gasteiger partial charge in [-0.2, -0.15) is 0 Å². The summed E-state index contributed by atoms with van der Waals surface area (Å²) < 4.78 is 0. The smallest absolute Gasteiger partial charge is 0.0373 e. The number of nitrogens with zero attached hydrogens (tertiary/aromatic N) is 1. The zero-order chi connectivity index (χ0) is 16.0. The van der Waals surface area contributed by atoms with Gasteiger partial charge in [-0.3, -0.25) is 4.98 Å². The minimum absolute atomic E-state index is 1.05. The average Bonchev–Trinajstić information content (AvgIpc) is 2.53. The van der Waals surface area contributed by atoms with Crippen LogP contribution in [0.25, 0.3) is 5.57 Å². The molecule has 1 aromatic rings. The first kappa shape index (κ1) is 20.7. The molecule has 0 N–H and O–H groups in total. The third-order valence-corrected chi connectivity index (χ3v) is 2.54. The number of rotatable bonds is 3. The van der Waals surface area contributed by atoms with Crippen LogP contribution < -0.4 is 0 Å². The Morgan fingerprint density at radius 3 is 1.95 bits per heavy atom. The Morgan fingerprint density at radius 2 is 1.55 bits per heavy atom. The first-order chi connectivity index (χ1) is 9.67. The van der Waals surface area contributed by atoms with Crippen molar-refractivity contribution in [3.8, 4) is 0 Å². The quantitative estimate of drug-likeness (QED) is 0.583. The van der Waals surface area contributed by atoms with Gasteiger partial charge in [0, 0.05) is 11.9 Å². The van der Waals surface area contributed by atoms with E-state index in [1.807, 2.05) is 60.7 Å². The molecule has 1 heterocycles. The van der Waals surface area contributed by atoms with Crippen molar-refractivity contribution >= 4 is 5.57 Å². The molecule has 0 bridgehead atoms. The number of pyridine rings is 1. The van der Waals surface area contributed by atoms with E-state index in [9.17, 15) is 0 Å². The van der Waals surface area contributed by atoms with E-state index in [2.05, 4.69) is 42.3 Å². The van der Waals surface area contributed by atoms with Crippen LogP contribution in [0.2, 0.25) is 0 Å². The minimum Gasteiger partial charge on any atom is -0.261 e. The summed E-state index contributed by atoms with van der Waals surface area (Å²) in [6.45, 7) is 16.2. The van der Waals surface area contributed by atoms with Crippen molar-refractivity contribution in [3.63, 3.8) is 0 Å². The Labute approximate surface area is 126 Å². The normalized spacial score (nSPS) is 11.4. The predicted octanol–water partition coefficient (Wildman–Crippen LogP) is 6.37. The van der Waals surface area contributed by atoms with Crippen molar-refractivity contribution in [2.24, 2.45) is 0 Å². The Bertz CT molecular complexity index is 420. The molecule has 0 aliphatic carbocycles. The van der Waals surface area contributed by atoms with E-state index < -0.39 is 0 Å². The Balaban J connectivity index is 0. The first-order valence-electron chi connectivity index (χ1n) is 7.57. The number of aryl methyl sites for hydroxylation is 1. The van der Waals surface area contributed by atoms with Gasteiger partial charge < -0.3 is 0 Å². The second-order valence-electron chi connectivity index (χ2n) is 3.80. The minimum atomic E-state index is 1.05. The van der Waals surface area contributed by atoms with E-state index in [0.29, 0.717) is 0 Å². The van der Waals surface area contributed by atoms with Crippen LogP contribution in [0.3, 0.4) is 0 Å². The lowest BCUT2D eigenvalue weighted by molar-refractivity contribution is 1.19. The van der Waals surface area contributed by atoms with E-state index in [0.717, 1.165) is 11.3 Å². The highest BCUT2D eigenvalue weighted by atomic mass is 14.7. The molecule has 1 nitrogen and oxygen atoms in total. The van der Waals surface area contributed by atoms with Crippen molar-refractivity contribution in [2.75, 3.05) is 0 Å². The van der Waals surface area contributed by atoms with Gasteiger partial charge in [-0.05, 0) is 44.9 Å². The molecule has 0 spiro atoms. The Kier molecular flexibility index (Phi) is 14.3. The van der Waals surface area contributed by atoms with Crippen LogP contribution in [0.15, 0.2) is 48.2 Å². The lowest BCUT2D eigenvalue weighted by atomic mass is 10.1. The van der Waals surface area contributed by atoms with Gasteiger partial charge >= 0.3 is 0 Å². The van der Waals surface area contributed by atoms with Crippen molar-refractivity contribution in [1.29, 1.82) is 0 Å². The molecule has 0 unspecified atom stereocenters. The summed E-state index contributed by atoms with van der Waals surface area (Å²) in [6.07, 6.45) is 10.4. The predicted molar refractivity (Wildman–Crippen MR) is 93.9 cm³/mol. The SMILES string of the molecule is CC.CC.C\C=C(C)/C=C\C(=C/C)c1ccc(C)nc1. The van der Waals surface area contributed by atoms with Gasteiger partial charge in [-0.15, -0.1) is 0 Å².